The number of hydrogen-bond acceptors (Lipinski definition) is 3. The minimum atomic E-state index is 0.146. The fraction of sp³-hybridized carbons (Fsp3) is 0.857. The van der Waals surface area contributed by atoms with Crippen LogP contribution in [-0.4, -0.2) is 30.6 Å². The molecule has 10 heavy (non-hydrogen) atoms. The van der Waals surface area contributed by atoms with Gasteiger partial charge in [-0.1, -0.05) is 0 Å². The molecule has 0 aromatic heterocycles. The highest BCUT2D eigenvalue weighted by Crippen LogP contribution is 2.09. The topological polar surface area (TPSA) is 49.3 Å². The third-order valence-corrected chi connectivity index (χ3v) is 1.83. The molecule has 0 spiro atoms. The van der Waals surface area contributed by atoms with E-state index in [-0.39, 0.29) is 18.3 Å². The Morgan fingerprint density at radius 1 is 1.70 bits per heavy atom. The lowest BCUT2D eigenvalue weighted by molar-refractivity contribution is -0.118. The third kappa shape index (κ3) is 2.08. The average molecular weight is 143 g/mol. The molecule has 58 valence electrons. The van der Waals surface area contributed by atoms with Gasteiger partial charge in [-0.25, -0.2) is 0 Å². The Morgan fingerprint density at radius 2 is 2.50 bits per heavy atom. The number of aliphatic hydroxyl groups is 1. The Balaban J connectivity index is 2.38. The summed E-state index contributed by atoms with van der Waals surface area (Å²) in [4.78, 5) is 10.9. The van der Waals surface area contributed by atoms with Crippen LogP contribution in [0.2, 0.25) is 0 Å². The molecule has 3 nitrogen and oxygen atoms in total. The Hall–Kier alpha value is -0.410. The quantitative estimate of drug-likeness (QED) is 0.522. The highest BCUT2D eigenvalue weighted by molar-refractivity contribution is 5.80. The molecule has 0 aromatic rings. The molecule has 0 aliphatic carbocycles. The van der Waals surface area contributed by atoms with E-state index >= 15 is 0 Å². The van der Waals surface area contributed by atoms with Crippen molar-refractivity contribution in [2.24, 2.45) is 5.92 Å². The summed E-state index contributed by atoms with van der Waals surface area (Å²) in [5, 5.41) is 11.8. The van der Waals surface area contributed by atoms with Gasteiger partial charge in [0.1, 0.15) is 5.78 Å². The van der Waals surface area contributed by atoms with Gasteiger partial charge in [-0.3, -0.25) is 4.79 Å². The maximum absolute atomic E-state index is 10.9. The first-order chi connectivity index (χ1) is 4.83. The fourth-order valence-electron chi connectivity index (χ4n) is 1.19. The van der Waals surface area contributed by atoms with Gasteiger partial charge in [0.05, 0.1) is 6.54 Å². The predicted molar refractivity (Wildman–Crippen MR) is 37.7 cm³/mol. The van der Waals surface area contributed by atoms with E-state index < -0.39 is 0 Å². The van der Waals surface area contributed by atoms with E-state index in [1.54, 1.807) is 0 Å². The molecule has 0 amide bonds. The second kappa shape index (κ2) is 3.68. The van der Waals surface area contributed by atoms with Crippen molar-refractivity contribution in [1.29, 1.82) is 0 Å². The molecule has 0 bridgehead atoms. The van der Waals surface area contributed by atoms with Crippen LogP contribution < -0.4 is 5.32 Å². The summed E-state index contributed by atoms with van der Waals surface area (Å²) in [5.74, 6) is 0.416. The van der Waals surface area contributed by atoms with Crippen molar-refractivity contribution < 1.29 is 9.90 Å². The van der Waals surface area contributed by atoms with E-state index in [0.29, 0.717) is 13.0 Å². The average Bonchev–Trinajstić information content (AvgIpc) is 2.13. The van der Waals surface area contributed by atoms with Crippen LogP contribution in [-0.2, 0) is 4.79 Å². The summed E-state index contributed by atoms with van der Waals surface area (Å²) in [5.41, 5.74) is 0. The highest BCUT2D eigenvalue weighted by Gasteiger charge is 2.15. The summed E-state index contributed by atoms with van der Waals surface area (Å²) >= 11 is 0. The van der Waals surface area contributed by atoms with Crippen molar-refractivity contribution in [2.75, 3.05) is 19.7 Å². The molecule has 3 heteroatoms. The SMILES string of the molecule is O=C1CNCCC(CO)C1. The van der Waals surface area contributed by atoms with Crippen LogP contribution in [0.5, 0.6) is 0 Å². The monoisotopic (exact) mass is 143 g/mol. The summed E-state index contributed by atoms with van der Waals surface area (Å²) in [6.07, 6.45) is 1.46. The second-order valence-electron chi connectivity index (χ2n) is 2.76. The number of carbonyl (C=O) groups is 1. The van der Waals surface area contributed by atoms with Crippen LogP contribution in [0.15, 0.2) is 0 Å². The first kappa shape index (κ1) is 7.69. The standard InChI is InChI=1S/C7H13NO2/c9-5-6-1-2-8-4-7(10)3-6/h6,8-9H,1-5H2. The molecule has 2 N–H and O–H groups in total. The van der Waals surface area contributed by atoms with Gasteiger partial charge in [0.25, 0.3) is 0 Å². The number of carbonyl (C=O) groups excluding carboxylic acids is 1. The van der Waals surface area contributed by atoms with Crippen molar-refractivity contribution in [3.63, 3.8) is 0 Å². The van der Waals surface area contributed by atoms with Crippen molar-refractivity contribution in [1.82, 2.24) is 5.32 Å². The summed E-state index contributed by atoms with van der Waals surface area (Å²) in [6.45, 7) is 1.49. The van der Waals surface area contributed by atoms with Gasteiger partial charge < -0.3 is 10.4 Å². The molecule has 1 aliphatic heterocycles. The van der Waals surface area contributed by atoms with Crippen LogP contribution in [0, 0.1) is 5.92 Å². The lowest BCUT2D eigenvalue weighted by Crippen LogP contribution is -2.19. The van der Waals surface area contributed by atoms with Crippen molar-refractivity contribution in [2.45, 2.75) is 12.8 Å². The van der Waals surface area contributed by atoms with Crippen molar-refractivity contribution >= 4 is 5.78 Å². The van der Waals surface area contributed by atoms with Gasteiger partial charge >= 0.3 is 0 Å². The zero-order chi connectivity index (χ0) is 7.40. The number of rotatable bonds is 1. The molecule has 1 heterocycles. The molecule has 1 atom stereocenters. The van der Waals surface area contributed by atoms with Crippen LogP contribution in [0.25, 0.3) is 0 Å². The Labute approximate surface area is 60.4 Å². The van der Waals surface area contributed by atoms with Gasteiger partial charge in [0.15, 0.2) is 0 Å². The summed E-state index contributed by atoms with van der Waals surface area (Å²) < 4.78 is 0. The largest absolute Gasteiger partial charge is 0.396 e. The zero-order valence-corrected chi connectivity index (χ0v) is 5.97. The van der Waals surface area contributed by atoms with Crippen LogP contribution in [0.3, 0.4) is 0 Å². The first-order valence-electron chi connectivity index (χ1n) is 3.66. The molecule has 0 saturated carbocycles. The molecule has 1 aliphatic rings. The van der Waals surface area contributed by atoms with Crippen molar-refractivity contribution in [3.05, 3.63) is 0 Å². The number of ketones is 1. The lowest BCUT2D eigenvalue weighted by atomic mass is 10.0. The third-order valence-electron chi connectivity index (χ3n) is 1.83. The number of aliphatic hydroxyl groups excluding tert-OH is 1. The number of nitrogens with one attached hydrogen (secondary N) is 1. The van der Waals surface area contributed by atoms with E-state index in [1.165, 1.54) is 0 Å². The van der Waals surface area contributed by atoms with Gasteiger partial charge in [-0.2, -0.15) is 0 Å². The summed E-state index contributed by atoms with van der Waals surface area (Å²) in [7, 11) is 0. The van der Waals surface area contributed by atoms with E-state index in [9.17, 15) is 4.79 Å². The first-order valence-corrected chi connectivity index (χ1v) is 3.66. The molecule has 1 rings (SSSR count). The Bertz CT molecular complexity index is 125. The van der Waals surface area contributed by atoms with Gasteiger partial charge in [0.2, 0.25) is 0 Å². The minimum absolute atomic E-state index is 0.146. The van der Waals surface area contributed by atoms with Crippen LogP contribution in [0.4, 0.5) is 0 Å². The normalized spacial score (nSPS) is 28.1. The smallest absolute Gasteiger partial charge is 0.146 e. The maximum atomic E-state index is 10.9. The fourth-order valence-corrected chi connectivity index (χ4v) is 1.19. The molecule has 1 unspecified atom stereocenters. The van der Waals surface area contributed by atoms with Crippen molar-refractivity contribution in [3.8, 4) is 0 Å². The Kier molecular flexibility index (Phi) is 2.83. The van der Waals surface area contributed by atoms with E-state index in [4.69, 9.17) is 5.11 Å². The number of Topliss-reactive ketones (excluding diaryl/α,β-unsaturated/α-hetero) is 1. The second-order valence-corrected chi connectivity index (χ2v) is 2.76. The number of hydrogen-bond donors (Lipinski definition) is 2. The van der Waals surface area contributed by atoms with E-state index in [1.807, 2.05) is 0 Å². The molecule has 1 saturated heterocycles. The van der Waals surface area contributed by atoms with Gasteiger partial charge in [0, 0.05) is 13.0 Å². The van der Waals surface area contributed by atoms with E-state index in [0.717, 1.165) is 13.0 Å². The molecule has 0 radical (unpaired) electrons. The minimum Gasteiger partial charge on any atom is -0.396 e. The predicted octanol–water partition coefficient (Wildman–Crippen LogP) is -0.453. The van der Waals surface area contributed by atoms with Gasteiger partial charge in [-0.15, -0.1) is 0 Å². The molecule has 0 aromatic carbocycles. The highest BCUT2D eigenvalue weighted by atomic mass is 16.3. The molecular weight excluding hydrogens is 130 g/mol. The summed E-state index contributed by atoms with van der Waals surface area (Å²) in [6, 6.07) is 0. The van der Waals surface area contributed by atoms with E-state index in [2.05, 4.69) is 5.32 Å². The molecule has 1 fully saturated rings. The molecular formula is C7H13NO2. The van der Waals surface area contributed by atoms with Crippen LogP contribution in [0.1, 0.15) is 12.8 Å². The van der Waals surface area contributed by atoms with Crippen LogP contribution >= 0.6 is 0 Å². The maximum Gasteiger partial charge on any atom is 0.146 e. The zero-order valence-electron chi connectivity index (χ0n) is 5.97. The lowest BCUT2D eigenvalue weighted by Gasteiger charge is -2.06. The van der Waals surface area contributed by atoms with Gasteiger partial charge in [-0.05, 0) is 18.9 Å². The Morgan fingerprint density at radius 3 is 3.20 bits per heavy atom.